The van der Waals surface area contributed by atoms with Crippen LogP contribution in [0, 0.1) is 0 Å². The lowest BCUT2D eigenvalue weighted by Gasteiger charge is -2.24. The van der Waals surface area contributed by atoms with Crippen LogP contribution in [0.1, 0.15) is 28.8 Å². The van der Waals surface area contributed by atoms with E-state index < -0.39 is 0 Å². The summed E-state index contributed by atoms with van der Waals surface area (Å²) in [7, 11) is 3.17. The number of hydrogen-bond donors (Lipinski definition) is 2. The van der Waals surface area contributed by atoms with Gasteiger partial charge in [-0.25, -0.2) is 0 Å². The number of piperidine rings is 1. The van der Waals surface area contributed by atoms with Gasteiger partial charge in [0.1, 0.15) is 0 Å². The van der Waals surface area contributed by atoms with E-state index >= 15 is 0 Å². The van der Waals surface area contributed by atoms with Crippen molar-refractivity contribution < 1.29 is 14.3 Å². The minimum absolute atomic E-state index is 0. The number of carbonyl (C=O) groups excluding carboxylic acids is 1. The number of carbonyl (C=O) groups is 1. The van der Waals surface area contributed by atoms with Crippen LogP contribution in [0.15, 0.2) is 24.8 Å². The Bertz CT molecular complexity index is 543. The van der Waals surface area contributed by atoms with Gasteiger partial charge < -0.3 is 20.1 Å². The number of amides is 1. The molecule has 1 fully saturated rings. The average Bonchev–Trinajstić information content (AvgIpc) is 2.55. The molecule has 0 atom stereocenters. The number of benzene rings is 1. The number of nitrogens with one attached hydrogen (secondary N) is 2. The number of halogens is 1. The normalized spacial score (nSPS) is 14.5. The molecule has 1 aromatic carbocycles. The summed E-state index contributed by atoms with van der Waals surface area (Å²) < 4.78 is 10.7. The van der Waals surface area contributed by atoms with Crippen LogP contribution in [0.4, 0.5) is 0 Å². The summed E-state index contributed by atoms with van der Waals surface area (Å²) in [6, 6.07) is 3.80. The van der Waals surface area contributed by atoms with Gasteiger partial charge in [0.2, 0.25) is 0 Å². The first-order valence-electron chi connectivity index (χ1n) is 7.57. The first-order chi connectivity index (χ1) is 10.7. The van der Waals surface area contributed by atoms with Crippen LogP contribution in [0.2, 0.25) is 0 Å². The van der Waals surface area contributed by atoms with Crippen LogP contribution in [0.3, 0.4) is 0 Å². The Balaban J connectivity index is 0.00000264. The second kappa shape index (κ2) is 9.43. The fraction of sp³-hybridized carbons (Fsp3) is 0.471. The third kappa shape index (κ3) is 4.88. The van der Waals surface area contributed by atoms with Crippen LogP contribution < -0.4 is 20.1 Å². The lowest BCUT2D eigenvalue weighted by Crippen LogP contribution is -2.42. The molecular weight excluding hydrogens is 316 g/mol. The first-order valence-corrected chi connectivity index (χ1v) is 7.57. The zero-order valence-electron chi connectivity index (χ0n) is 13.7. The van der Waals surface area contributed by atoms with E-state index in [-0.39, 0.29) is 24.4 Å². The molecule has 1 aromatic rings. The van der Waals surface area contributed by atoms with Crippen molar-refractivity contribution in [3.63, 3.8) is 0 Å². The topological polar surface area (TPSA) is 59.6 Å². The van der Waals surface area contributed by atoms with Crippen LogP contribution >= 0.6 is 12.4 Å². The summed E-state index contributed by atoms with van der Waals surface area (Å²) in [4.78, 5) is 12.5. The molecule has 6 heteroatoms. The molecule has 0 unspecified atom stereocenters. The Hall–Kier alpha value is -1.72. The number of hydrogen-bond acceptors (Lipinski definition) is 4. The maximum absolute atomic E-state index is 12.5. The van der Waals surface area contributed by atoms with Crippen molar-refractivity contribution in [1.29, 1.82) is 0 Å². The highest BCUT2D eigenvalue weighted by Gasteiger charge is 2.19. The molecule has 23 heavy (non-hydrogen) atoms. The summed E-state index contributed by atoms with van der Waals surface area (Å²) >= 11 is 0. The lowest BCUT2D eigenvalue weighted by atomic mass is 10.0. The van der Waals surface area contributed by atoms with Gasteiger partial charge in [-0.2, -0.15) is 0 Å². The Labute approximate surface area is 143 Å². The molecule has 0 aliphatic carbocycles. The minimum Gasteiger partial charge on any atom is -0.493 e. The molecule has 1 aliphatic rings. The number of allylic oxidation sites excluding steroid dienone is 1. The third-order valence-electron chi connectivity index (χ3n) is 3.86. The van der Waals surface area contributed by atoms with Gasteiger partial charge in [-0.15, -0.1) is 19.0 Å². The van der Waals surface area contributed by atoms with Gasteiger partial charge in [-0.1, -0.05) is 6.08 Å². The lowest BCUT2D eigenvalue weighted by molar-refractivity contribution is 0.0929. The summed E-state index contributed by atoms with van der Waals surface area (Å²) in [5.41, 5.74) is 1.49. The SMILES string of the molecule is C=CCc1cc(C(=O)NC2CCNCC2)cc(OC)c1OC.Cl. The van der Waals surface area contributed by atoms with E-state index in [1.54, 1.807) is 26.4 Å². The van der Waals surface area contributed by atoms with Crippen molar-refractivity contribution in [3.8, 4) is 11.5 Å². The van der Waals surface area contributed by atoms with E-state index in [9.17, 15) is 4.79 Å². The molecule has 1 amide bonds. The van der Waals surface area contributed by atoms with Crippen LogP contribution in [-0.4, -0.2) is 39.3 Å². The smallest absolute Gasteiger partial charge is 0.251 e. The molecule has 0 saturated carbocycles. The second-order valence-electron chi connectivity index (χ2n) is 5.36. The van der Waals surface area contributed by atoms with E-state index in [4.69, 9.17) is 9.47 Å². The number of methoxy groups -OCH3 is 2. The molecule has 0 radical (unpaired) electrons. The molecule has 2 rings (SSSR count). The molecule has 0 aromatic heterocycles. The fourth-order valence-corrected chi connectivity index (χ4v) is 2.72. The average molecular weight is 341 g/mol. The number of rotatable bonds is 6. The van der Waals surface area contributed by atoms with E-state index in [1.807, 2.05) is 6.07 Å². The van der Waals surface area contributed by atoms with Crippen molar-refractivity contribution in [1.82, 2.24) is 10.6 Å². The highest BCUT2D eigenvalue weighted by Crippen LogP contribution is 2.33. The highest BCUT2D eigenvalue weighted by atomic mass is 35.5. The van der Waals surface area contributed by atoms with Gasteiger partial charge in [-0.05, 0) is 44.5 Å². The predicted octanol–water partition coefficient (Wildman–Crippen LogP) is 2.34. The van der Waals surface area contributed by atoms with Crippen LogP contribution in [0.25, 0.3) is 0 Å². The van der Waals surface area contributed by atoms with E-state index in [2.05, 4.69) is 17.2 Å². The molecule has 5 nitrogen and oxygen atoms in total. The van der Waals surface area contributed by atoms with Gasteiger partial charge in [0.15, 0.2) is 11.5 Å². The molecule has 0 spiro atoms. The first kappa shape index (κ1) is 19.3. The Morgan fingerprint density at radius 1 is 1.35 bits per heavy atom. The van der Waals surface area contributed by atoms with E-state index in [1.165, 1.54) is 0 Å². The van der Waals surface area contributed by atoms with Crippen LogP contribution in [-0.2, 0) is 6.42 Å². The maximum Gasteiger partial charge on any atom is 0.251 e. The van der Waals surface area contributed by atoms with Crippen molar-refractivity contribution in [3.05, 3.63) is 35.9 Å². The zero-order valence-corrected chi connectivity index (χ0v) is 14.5. The summed E-state index contributed by atoms with van der Waals surface area (Å²) in [5, 5.41) is 6.38. The minimum atomic E-state index is -0.0711. The molecule has 128 valence electrons. The molecule has 1 aliphatic heterocycles. The molecular formula is C17H25ClN2O3. The Kier molecular flexibility index (Phi) is 7.92. The van der Waals surface area contributed by atoms with Crippen molar-refractivity contribution in [2.75, 3.05) is 27.3 Å². The predicted molar refractivity (Wildman–Crippen MR) is 94.1 cm³/mol. The highest BCUT2D eigenvalue weighted by molar-refractivity contribution is 5.95. The summed E-state index contributed by atoms with van der Waals surface area (Å²) in [5.74, 6) is 1.15. The third-order valence-corrected chi connectivity index (χ3v) is 3.86. The fourth-order valence-electron chi connectivity index (χ4n) is 2.72. The summed E-state index contributed by atoms with van der Waals surface area (Å²) in [6.45, 7) is 5.64. The largest absolute Gasteiger partial charge is 0.493 e. The van der Waals surface area contributed by atoms with Crippen molar-refractivity contribution >= 4 is 18.3 Å². The van der Waals surface area contributed by atoms with Gasteiger partial charge in [0.25, 0.3) is 5.91 Å². The quantitative estimate of drug-likeness (QED) is 0.780. The monoisotopic (exact) mass is 340 g/mol. The van der Waals surface area contributed by atoms with E-state index in [0.29, 0.717) is 23.5 Å². The van der Waals surface area contributed by atoms with Crippen molar-refractivity contribution in [2.24, 2.45) is 0 Å². The maximum atomic E-state index is 12.5. The Morgan fingerprint density at radius 2 is 2.04 bits per heavy atom. The molecule has 1 saturated heterocycles. The molecule has 0 bridgehead atoms. The second-order valence-corrected chi connectivity index (χ2v) is 5.36. The molecule has 2 N–H and O–H groups in total. The Morgan fingerprint density at radius 3 is 2.61 bits per heavy atom. The van der Waals surface area contributed by atoms with Crippen molar-refractivity contribution in [2.45, 2.75) is 25.3 Å². The van der Waals surface area contributed by atoms with Crippen LogP contribution in [0.5, 0.6) is 11.5 Å². The van der Waals surface area contributed by atoms with Gasteiger partial charge in [0, 0.05) is 17.2 Å². The van der Waals surface area contributed by atoms with Gasteiger partial charge in [0.05, 0.1) is 14.2 Å². The van der Waals surface area contributed by atoms with Gasteiger partial charge >= 0.3 is 0 Å². The van der Waals surface area contributed by atoms with E-state index in [0.717, 1.165) is 31.5 Å². The zero-order chi connectivity index (χ0) is 15.9. The van der Waals surface area contributed by atoms with Gasteiger partial charge in [-0.3, -0.25) is 4.79 Å². The summed E-state index contributed by atoms with van der Waals surface area (Å²) in [6.07, 6.45) is 4.32. The number of ether oxygens (including phenoxy) is 2. The molecule has 1 heterocycles. The standard InChI is InChI=1S/C17H24N2O3.ClH/c1-4-5-12-10-13(11-15(21-2)16(12)22-3)17(20)19-14-6-8-18-9-7-14;/h4,10-11,14,18H,1,5-9H2,2-3H3,(H,19,20);1H.